The summed E-state index contributed by atoms with van der Waals surface area (Å²) in [5, 5.41) is 0. The first kappa shape index (κ1) is 20.1. The van der Waals surface area contributed by atoms with Crippen LogP contribution in [0.3, 0.4) is 0 Å². The molecule has 0 N–H and O–H groups in total. The van der Waals surface area contributed by atoms with Crippen LogP contribution in [0.5, 0.6) is 5.75 Å². The minimum Gasteiger partial charge on any atom is -0.497 e. The molecule has 3 aromatic rings. The Bertz CT molecular complexity index is 1000. The van der Waals surface area contributed by atoms with E-state index in [0.29, 0.717) is 5.69 Å². The predicted molar refractivity (Wildman–Crippen MR) is 112 cm³/mol. The fraction of sp³-hybridized carbons (Fsp3) is 0.240. The molecule has 1 amide bonds. The molecule has 3 aromatic carbocycles. The zero-order chi connectivity index (χ0) is 21.1. The molecule has 0 radical (unpaired) electrons. The summed E-state index contributed by atoms with van der Waals surface area (Å²) in [6, 6.07) is 20.1. The Hall–Kier alpha value is -3.21. The Morgan fingerprint density at radius 3 is 2.07 bits per heavy atom. The number of methoxy groups -OCH3 is 1. The molecule has 2 atom stereocenters. The third-order valence-corrected chi connectivity index (χ3v) is 5.67. The highest BCUT2D eigenvalue weighted by atomic mass is 19.1. The van der Waals surface area contributed by atoms with Gasteiger partial charge in [-0.15, -0.1) is 0 Å². The molecule has 1 heterocycles. The number of halogens is 2. The lowest BCUT2D eigenvalue weighted by Gasteiger charge is -2.47. The summed E-state index contributed by atoms with van der Waals surface area (Å²) in [4.78, 5) is 14.7. The molecule has 0 bridgehead atoms. The van der Waals surface area contributed by atoms with Crippen molar-refractivity contribution in [2.24, 2.45) is 5.92 Å². The number of anilines is 1. The van der Waals surface area contributed by atoms with Crippen molar-refractivity contribution < 1.29 is 18.3 Å². The third kappa shape index (κ3) is 4.06. The van der Waals surface area contributed by atoms with Crippen molar-refractivity contribution in [1.29, 1.82) is 0 Å². The van der Waals surface area contributed by atoms with Crippen molar-refractivity contribution in [1.82, 2.24) is 0 Å². The van der Waals surface area contributed by atoms with Crippen LogP contribution in [0.25, 0.3) is 0 Å². The molecule has 1 aliphatic rings. The number of β-lactam (4-membered cyclic amide) rings is 1. The molecule has 3 nitrogen and oxygen atoms in total. The Kier molecular flexibility index (Phi) is 5.79. The second-order valence-electron chi connectivity index (χ2n) is 7.53. The number of ether oxygens (including phenoxy) is 1. The van der Waals surface area contributed by atoms with Gasteiger partial charge in [-0.25, -0.2) is 8.78 Å². The van der Waals surface area contributed by atoms with Crippen molar-refractivity contribution in [3.63, 3.8) is 0 Å². The second kappa shape index (κ2) is 8.66. The number of rotatable bonds is 7. The van der Waals surface area contributed by atoms with Crippen molar-refractivity contribution in [3.8, 4) is 5.75 Å². The fourth-order valence-corrected chi connectivity index (χ4v) is 4.08. The van der Waals surface area contributed by atoms with Gasteiger partial charge in [-0.05, 0) is 78.9 Å². The highest BCUT2D eigenvalue weighted by molar-refractivity contribution is 6.03. The maximum Gasteiger partial charge on any atom is 0.233 e. The zero-order valence-electron chi connectivity index (χ0n) is 16.7. The molecule has 4 rings (SSSR count). The Balaban J connectivity index is 1.52. The first-order chi connectivity index (χ1) is 14.6. The molecule has 1 fully saturated rings. The summed E-state index contributed by atoms with van der Waals surface area (Å²) < 4.78 is 31.7. The van der Waals surface area contributed by atoms with E-state index in [1.54, 1.807) is 36.3 Å². The molecule has 1 aliphatic heterocycles. The van der Waals surface area contributed by atoms with E-state index < -0.39 is 0 Å². The number of benzene rings is 3. The Morgan fingerprint density at radius 1 is 0.867 bits per heavy atom. The largest absolute Gasteiger partial charge is 0.497 e. The summed E-state index contributed by atoms with van der Waals surface area (Å²) in [6.45, 7) is 0. The van der Waals surface area contributed by atoms with Gasteiger partial charge in [0.2, 0.25) is 5.91 Å². The van der Waals surface area contributed by atoms with Crippen LogP contribution in [-0.2, 0) is 11.2 Å². The first-order valence-corrected chi connectivity index (χ1v) is 10.0. The molecular formula is C25H23F2NO2. The lowest BCUT2D eigenvalue weighted by Crippen LogP contribution is -2.55. The molecule has 1 saturated heterocycles. The van der Waals surface area contributed by atoms with Gasteiger partial charge in [-0.1, -0.05) is 24.3 Å². The summed E-state index contributed by atoms with van der Waals surface area (Å²) in [5.41, 5.74) is 2.77. The van der Waals surface area contributed by atoms with Gasteiger partial charge in [-0.2, -0.15) is 0 Å². The Morgan fingerprint density at radius 2 is 1.47 bits per heavy atom. The number of carbonyl (C=O) groups is 1. The van der Waals surface area contributed by atoms with Crippen LogP contribution in [0.4, 0.5) is 14.5 Å². The Labute approximate surface area is 174 Å². The first-order valence-electron chi connectivity index (χ1n) is 10.0. The topological polar surface area (TPSA) is 29.5 Å². The second-order valence-corrected chi connectivity index (χ2v) is 7.53. The van der Waals surface area contributed by atoms with Gasteiger partial charge >= 0.3 is 0 Å². The van der Waals surface area contributed by atoms with Crippen molar-refractivity contribution >= 4 is 11.6 Å². The van der Waals surface area contributed by atoms with Gasteiger partial charge < -0.3 is 9.64 Å². The van der Waals surface area contributed by atoms with E-state index in [0.717, 1.165) is 36.1 Å². The summed E-state index contributed by atoms with van der Waals surface area (Å²) >= 11 is 0. The molecule has 0 aliphatic carbocycles. The van der Waals surface area contributed by atoms with Crippen LogP contribution < -0.4 is 9.64 Å². The van der Waals surface area contributed by atoms with E-state index >= 15 is 0 Å². The zero-order valence-corrected chi connectivity index (χ0v) is 16.7. The SMILES string of the molecule is COc1ccc([C@@H]2[C@@H](CCCc3ccc(F)cc3)C(=O)N2c2ccc(F)cc2)cc1. The minimum absolute atomic E-state index is 0.0431. The molecule has 0 spiro atoms. The average molecular weight is 407 g/mol. The highest BCUT2D eigenvalue weighted by Crippen LogP contribution is 2.46. The van der Waals surface area contributed by atoms with Crippen molar-refractivity contribution in [2.45, 2.75) is 25.3 Å². The smallest absolute Gasteiger partial charge is 0.233 e. The van der Waals surface area contributed by atoms with Crippen molar-refractivity contribution in [2.75, 3.05) is 12.0 Å². The number of hydrogen-bond donors (Lipinski definition) is 0. The molecule has 30 heavy (non-hydrogen) atoms. The van der Waals surface area contributed by atoms with Gasteiger partial charge in [0.05, 0.1) is 19.1 Å². The normalized spacial score (nSPS) is 18.2. The number of aryl methyl sites for hydroxylation is 1. The highest BCUT2D eigenvalue weighted by Gasteiger charge is 2.48. The van der Waals surface area contributed by atoms with Gasteiger partial charge in [0.25, 0.3) is 0 Å². The van der Waals surface area contributed by atoms with Crippen molar-refractivity contribution in [3.05, 3.63) is 95.6 Å². The number of carbonyl (C=O) groups excluding carboxylic acids is 1. The summed E-state index contributed by atoms with van der Waals surface area (Å²) in [5.74, 6) is 0.0713. The fourth-order valence-electron chi connectivity index (χ4n) is 4.08. The van der Waals surface area contributed by atoms with Crippen LogP contribution in [0.2, 0.25) is 0 Å². The standard InChI is InChI=1S/C25H23F2NO2/c1-30-22-15-7-18(8-16-22)24-23(4-2-3-17-5-9-19(26)10-6-17)25(29)28(24)21-13-11-20(27)12-14-21/h5-16,23-24H,2-4H2,1H3/t23-,24-/m1/s1. The molecular weight excluding hydrogens is 384 g/mol. The lowest BCUT2D eigenvalue weighted by molar-refractivity contribution is -0.130. The maximum atomic E-state index is 13.4. The van der Waals surface area contributed by atoms with E-state index in [1.807, 2.05) is 24.3 Å². The van der Waals surface area contributed by atoms with Crippen LogP contribution >= 0.6 is 0 Å². The average Bonchev–Trinajstić information content (AvgIpc) is 2.77. The van der Waals surface area contributed by atoms with Gasteiger partial charge in [-0.3, -0.25) is 4.79 Å². The lowest BCUT2D eigenvalue weighted by atomic mass is 9.78. The number of hydrogen-bond acceptors (Lipinski definition) is 2. The molecule has 154 valence electrons. The maximum absolute atomic E-state index is 13.4. The van der Waals surface area contributed by atoms with Gasteiger partial charge in [0.15, 0.2) is 0 Å². The van der Waals surface area contributed by atoms with Crippen LogP contribution in [0.1, 0.15) is 30.0 Å². The molecule has 0 aromatic heterocycles. The number of nitrogens with zero attached hydrogens (tertiary/aromatic N) is 1. The van der Waals surface area contributed by atoms with E-state index in [2.05, 4.69) is 0 Å². The minimum atomic E-state index is -0.330. The van der Waals surface area contributed by atoms with Crippen LogP contribution in [0.15, 0.2) is 72.8 Å². The van der Waals surface area contributed by atoms with E-state index in [9.17, 15) is 13.6 Å². The van der Waals surface area contributed by atoms with Gasteiger partial charge in [0.1, 0.15) is 17.4 Å². The molecule has 5 heteroatoms. The van der Waals surface area contributed by atoms with Gasteiger partial charge in [0, 0.05) is 5.69 Å². The number of amides is 1. The van der Waals surface area contributed by atoms with E-state index in [1.165, 1.54) is 24.3 Å². The molecule has 0 unspecified atom stereocenters. The quantitative estimate of drug-likeness (QED) is 0.470. The van der Waals surface area contributed by atoms with E-state index in [4.69, 9.17) is 4.74 Å². The predicted octanol–water partition coefficient (Wildman–Crippen LogP) is 5.70. The van der Waals surface area contributed by atoms with Crippen LogP contribution in [0, 0.1) is 17.6 Å². The third-order valence-electron chi connectivity index (χ3n) is 5.67. The monoisotopic (exact) mass is 407 g/mol. The van der Waals surface area contributed by atoms with Crippen LogP contribution in [-0.4, -0.2) is 13.0 Å². The summed E-state index contributed by atoms with van der Waals surface area (Å²) in [7, 11) is 1.62. The molecule has 0 saturated carbocycles. The van der Waals surface area contributed by atoms with E-state index in [-0.39, 0.29) is 29.5 Å². The summed E-state index contributed by atoms with van der Waals surface area (Å²) in [6.07, 6.45) is 2.34.